The minimum Gasteiger partial charge on any atom is -0.491 e. The highest BCUT2D eigenvalue weighted by atomic mass is 16.5. The Hall–Kier alpha value is -2.87. The molecule has 38 heavy (non-hydrogen) atoms. The number of piperidine rings is 1. The summed E-state index contributed by atoms with van der Waals surface area (Å²) in [6.45, 7) is 3.72. The second kappa shape index (κ2) is 12.3. The van der Waals surface area contributed by atoms with Gasteiger partial charge >= 0.3 is 0 Å². The molecule has 7 heteroatoms. The number of hydrogen-bond donors (Lipinski definition) is 1. The Morgan fingerprint density at radius 1 is 1.08 bits per heavy atom. The predicted octanol–water partition coefficient (Wildman–Crippen LogP) is 4.29. The summed E-state index contributed by atoms with van der Waals surface area (Å²) < 4.78 is 22.8. The quantitative estimate of drug-likeness (QED) is 0.421. The van der Waals surface area contributed by atoms with Gasteiger partial charge in [0.2, 0.25) is 5.91 Å². The van der Waals surface area contributed by atoms with Crippen molar-refractivity contribution in [2.75, 3.05) is 47.1 Å². The molecule has 3 aliphatic rings. The van der Waals surface area contributed by atoms with Crippen molar-refractivity contribution in [3.8, 4) is 5.75 Å². The van der Waals surface area contributed by atoms with E-state index in [2.05, 4.69) is 40.5 Å². The zero-order valence-corrected chi connectivity index (χ0v) is 22.6. The molecule has 0 bridgehead atoms. The van der Waals surface area contributed by atoms with Crippen molar-refractivity contribution in [2.45, 2.75) is 50.3 Å². The maximum atomic E-state index is 14.4. The van der Waals surface area contributed by atoms with E-state index in [1.807, 2.05) is 18.2 Å². The Labute approximate surface area is 226 Å². The fourth-order valence-corrected chi connectivity index (χ4v) is 5.81. The summed E-state index contributed by atoms with van der Waals surface area (Å²) in [5.41, 5.74) is 3.90. The van der Waals surface area contributed by atoms with E-state index in [1.54, 1.807) is 20.5 Å². The summed E-state index contributed by atoms with van der Waals surface area (Å²) >= 11 is 0. The smallest absolute Gasteiger partial charge is 0.231 e. The monoisotopic (exact) mass is 520 g/mol. The standard InChI is InChI=1S/C31H40N2O5/c1-35-14-5-6-23-18-24(20-27(19-23)37-17-16-36-2)22-33(26-9-10-26)30(34)29-21-32-13-12-31(29)28-8-4-3-7-25(28)11-15-38-31/h3-4,7-8,11,15,18-20,26,29,32H,5-6,9-10,12-14,16-17,21-22H2,1-2H3/t29-,31+/m1/s1. The van der Waals surface area contributed by atoms with Crippen LogP contribution in [0.25, 0.3) is 6.08 Å². The molecule has 1 aliphatic carbocycles. The van der Waals surface area contributed by atoms with Crippen molar-refractivity contribution >= 4 is 12.0 Å². The second-order valence-corrected chi connectivity index (χ2v) is 10.5. The first-order chi connectivity index (χ1) is 18.6. The number of ether oxygens (including phenoxy) is 4. The molecular weight excluding hydrogens is 480 g/mol. The minimum atomic E-state index is -0.642. The normalized spacial score (nSPS) is 22.1. The summed E-state index contributed by atoms with van der Waals surface area (Å²) in [5, 5.41) is 3.48. The number of methoxy groups -OCH3 is 2. The van der Waals surface area contributed by atoms with Crippen molar-refractivity contribution in [1.82, 2.24) is 10.2 Å². The van der Waals surface area contributed by atoms with E-state index in [9.17, 15) is 4.79 Å². The van der Waals surface area contributed by atoms with E-state index in [1.165, 1.54) is 5.56 Å². The molecular formula is C31H40N2O5. The Kier molecular flexibility index (Phi) is 8.67. The maximum absolute atomic E-state index is 14.4. The van der Waals surface area contributed by atoms with Gasteiger partial charge in [-0.2, -0.15) is 0 Å². The molecule has 0 aromatic heterocycles. The molecule has 2 heterocycles. The molecule has 2 fully saturated rings. The van der Waals surface area contributed by atoms with Crippen LogP contribution in [-0.4, -0.2) is 64.0 Å². The van der Waals surface area contributed by atoms with Crippen LogP contribution in [0.1, 0.15) is 47.9 Å². The van der Waals surface area contributed by atoms with Gasteiger partial charge in [-0.15, -0.1) is 0 Å². The average Bonchev–Trinajstić information content (AvgIpc) is 3.78. The maximum Gasteiger partial charge on any atom is 0.231 e. The summed E-state index contributed by atoms with van der Waals surface area (Å²) in [5.74, 6) is 0.683. The van der Waals surface area contributed by atoms with Gasteiger partial charge in [-0.3, -0.25) is 4.79 Å². The van der Waals surface area contributed by atoms with E-state index in [4.69, 9.17) is 18.9 Å². The minimum absolute atomic E-state index is 0.163. The molecule has 2 aromatic carbocycles. The van der Waals surface area contributed by atoms with Crippen LogP contribution in [-0.2, 0) is 37.6 Å². The van der Waals surface area contributed by atoms with Crippen LogP contribution < -0.4 is 10.1 Å². The molecule has 1 amide bonds. The molecule has 1 saturated carbocycles. The number of nitrogens with zero attached hydrogens (tertiary/aromatic N) is 1. The van der Waals surface area contributed by atoms with Gasteiger partial charge < -0.3 is 29.2 Å². The molecule has 2 atom stereocenters. The van der Waals surface area contributed by atoms with Crippen LogP contribution in [0, 0.1) is 5.92 Å². The Balaban J connectivity index is 1.41. The van der Waals surface area contributed by atoms with Crippen molar-refractivity contribution in [3.63, 3.8) is 0 Å². The molecule has 204 valence electrons. The topological polar surface area (TPSA) is 69.3 Å². The van der Waals surface area contributed by atoms with Gasteiger partial charge in [-0.25, -0.2) is 0 Å². The summed E-state index contributed by atoms with van der Waals surface area (Å²) in [4.78, 5) is 16.5. The van der Waals surface area contributed by atoms with E-state index in [0.717, 1.165) is 61.1 Å². The van der Waals surface area contributed by atoms with Crippen LogP contribution in [0.3, 0.4) is 0 Å². The van der Waals surface area contributed by atoms with E-state index >= 15 is 0 Å². The lowest BCUT2D eigenvalue weighted by Gasteiger charge is -2.46. The van der Waals surface area contributed by atoms with Gasteiger partial charge in [-0.05, 0) is 67.1 Å². The van der Waals surface area contributed by atoms with Crippen LogP contribution >= 0.6 is 0 Å². The van der Waals surface area contributed by atoms with Crippen molar-refractivity contribution in [2.24, 2.45) is 5.92 Å². The third kappa shape index (κ3) is 5.90. The van der Waals surface area contributed by atoms with E-state index < -0.39 is 5.60 Å². The second-order valence-electron chi connectivity index (χ2n) is 10.5. The first-order valence-corrected chi connectivity index (χ1v) is 13.8. The number of aryl methyl sites for hydroxylation is 1. The van der Waals surface area contributed by atoms with E-state index in [-0.39, 0.29) is 17.9 Å². The number of rotatable bonds is 12. The lowest BCUT2D eigenvalue weighted by atomic mass is 9.73. The Morgan fingerprint density at radius 3 is 2.71 bits per heavy atom. The molecule has 5 rings (SSSR count). The fourth-order valence-electron chi connectivity index (χ4n) is 5.81. The van der Waals surface area contributed by atoms with Gasteiger partial charge in [0.1, 0.15) is 18.0 Å². The van der Waals surface area contributed by atoms with Gasteiger partial charge in [-0.1, -0.05) is 30.3 Å². The van der Waals surface area contributed by atoms with Crippen LogP contribution in [0.5, 0.6) is 5.75 Å². The lowest BCUT2D eigenvalue weighted by molar-refractivity contribution is -0.151. The Bertz CT molecular complexity index is 1100. The van der Waals surface area contributed by atoms with Crippen LogP contribution in [0.4, 0.5) is 0 Å². The molecule has 1 N–H and O–H groups in total. The largest absolute Gasteiger partial charge is 0.491 e. The van der Waals surface area contributed by atoms with Crippen molar-refractivity contribution in [3.05, 3.63) is 71.0 Å². The average molecular weight is 521 g/mol. The molecule has 7 nitrogen and oxygen atoms in total. The van der Waals surface area contributed by atoms with Crippen LogP contribution in [0.15, 0.2) is 48.7 Å². The number of fused-ring (bicyclic) bond motifs is 2. The number of benzene rings is 2. The lowest BCUT2D eigenvalue weighted by Crippen LogP contribution is -2.56. The highest BCUT2D eigenvalue weighted by Crippen LogP contribution is 2.45. The SMILES string of the molecule is COCCCc1cc(CN(C(=O)[C@H]2CNCC[C@@]23OC=Cc2ccccc23)C2CC2)cc(OCCOC)c1. The number of hydrogen-bond acceptors (Lipinski definition) is 6. The highest BCUT2D eigenvalue weighted by Gasteiger charge is 2.52. The molecule has 1 saturated heterocycles. The molecule has 2 aliphatic heterocycles. The number of carbonyl (C=O) groups is 1. The van der Waals surface area contributed by atoms with Crippen molar-refractivity contribution in [1.29, 1.82) is 0 Å². The van der Waals surface area contributed by atoms with Gasteiger partial charge in [0.25, 0.3) is 0 Å². The summed E-state index contributed by atoms with van der Waals surface area (Å²) in [6.07, 6.45) is 8.46. The number of carbonyl (C=O) groups excluding carboxylic acids is 1. The zero-order valence-electron chi connectivity index (χ0n) is 22.6. The van der Waals surface area contributed by atoms with Gasteiger partial charge in [0.15, 0.2) is 0 Å². The first-order valence-electron chi connectivity index (χ1n) is 13.8. The van der Waals surface area contributed by atoms with Gasteiger partial charge in [0, 0.05) is 51.9 Å². The fraction of sp³-hybridized carbons (Fsp3) is 0.516. The Morgan fingerprint density at radius 2 is 1.89 bits per heavy atom. The highest BCUT2D eigenvalue weighted by molar-refractivity contribution is 5.82. The van der Waals surface area contributed by atoms with E-state index in [0.29, 0.717) is 32.9 Å². The summed E-state index contributed by atoms with van der Waals surface area (Å²) in [6, 6.07) is 15.0. The molecule has 2 aromatic rings. The summed E-state index contributed by atoms with van der Waals surface area (Å²) in [7, 11) is 3.40. The predicted molar refractivity (Wildman–Crippen MR) is 147 cm³/mol. The third-order valence-electron chi connectivity index (χ3n) is 7.85. The molecule has 0 unspecified atom stereocenters. The molecule has 1 spiro atoms. The third-order valence-corrected chi connectivity index (χ3v) is 7.85. The molecule has 0 radical (unpaired) electrons. The van der Waals surface area contributed by atoms with Crippen LogP contribution in [0.2, 0.25) is 0 Å². The van der Waals surface area contributed by atoms with Gasteiger partial charge in [0.05, 0.1) is 18.8 Å². The number of amides is 1. The zero-order chi connectivity index (χ0) is 26.4. The van der Waals surface area contributed by atoms with Crippen molar-refractivity contribution < 1.29 is 23.7 Å². The number of nitrogens with one attached hydrogen (secondary N) is 1. The first kappa shape index (κ1) is 26.7.